The van der Waals surface area contributed by atoms with Crippen molar-refractivity contribution in [3.8, 4) is 5.75 Å². The van der Waals surface area contributed by atoms with E-state index in [1.807, 2.05) is 0 Å². The first kappa shape index (κ1) is 19.5. The maximum atomic E-state index is 11.8. The molecule has 1 atom stereocenters. The van der Waals surface area contributed by atoms with Gasteiger partial charge in [0.05, 0.1) is 12.2 Å². The van der Waals surface area contributed by atoms with Crippen LogP contribution in [0, 0.1) is 5.92 Å². The molecule has 1 saturated heterocycles. The second-order valence-electron chi connectivity index (χ2n) is 7.50. The Morgan fingerprint density at radius 1 is 1.42 bits per heavy atom. The molecule has 1 aromatic carbocycles. The molecule has 5 nitrogen and oxygen atoms in total. The third-order valence-corrected chi connectivity index (χ3v) is 6.07. The Morgan fingerprint density at radius 2 is 2.15 bits per heavy atom. The number of hydrogen-bond acceptors (Lipinski definition) is 4. The van der Waals surface area contributed by atoms with Crippen LogP contribution in [0.4, 0.5) is 0 Å². The lowest BCUT2D eigenvalue weighted by atomic mass is 9.82. The molecule has 2 heterocycles. The van der Waals surface area contributed by atoms with Crippen LogP contribution in [0.1, 0.15) is 66.6 Å². The maximum absolute atomic E-state index is 11.8. The zero-order valence-electron chi connectivity index (χ0n) is 15.6. The number of amides is 1. The van der Waals surface area contributed by atoms with Gasteiger partial charge in [-0.2, -0.15) is 0 Å². The van der Waals surface area contributed by atoms with Gasteiger partial charge < -0.3 is 21.1 Å². The number of hydrogen-bond donors (Lipinski definition) is 2. The first-order valence-corrected chi connectivity index (χ1v) is 10.2. The van der Waals surface area contributed by atoms with E-state index in [-0.39, 0.29) is 6.04 Å². The van der Waals surface area contributed by atoms with Crippen molar-refractivity contribution in [2.75, 3.05) is 26.2 Å². The first-order chi connectivity index (χ1) is 12.5. The highest BCUT2D eigenvalue weighted by Gasteiger charge is 2.31. The fourth-order valence-electron chi connectivity index (χ4n) is 4.23. The highest BCUT2D eigenvalue weighted by molar-refractivity contribution is 6.32. The molecule has 4 N–H and O–H groups in total. The molecule has 1 amide bonds. The van der Waals surface area contributed by atoms with Crippen molar-refractivity contribution in [3.63, 3.8) is 0 Å². The zero-order chi connectivity index (χ0) is 18.7. The summed E-state index contributed by atoms with van der Waals surface area (Å²) >= 11 is 6.57. The molecule has 26 heavy (non-hydrogen) atoms. The predicted molar refractivity (Wildman–Crippen MR) is 105 cm³/mol. The second-order valence-corrected chi connectivity index (χ2v) is 7.91. The van der Waals surface area contributed by atoms with E-state index in [1.54, 1.807) is 6.07 Å². The molecular formula is C20H30ClN3O2. The van der Waals surface area contributed by atoms with E-state index >= 15 is 0 Å². The number of piperidine rings is 1. The summed E-state index contributed by atoms with van der Waals surface area (Å²) in [6, 6.07) is 1.51. The highest BCUT2D eigenvalue weighted by atomic mass is 35.5. The minimum Gasteiger partial charge on any atom is -0.492 e. The topological polar surface area (TPSA) is 81.6 Å². The lowest BCUT2D eigenvalue weighted by Crippen LogP contribution is -2.38. The van der Waals surface area contributed by atoms with Gasteiger partial charge >= 0.3 is 0 Å². The van der Waals surface area contributed by atoms with Gasteiger partial charge in [-0.3, -0.25) is 4.79 Å². The molecule has 1 aromatic rings. The Morgan fingerprint density at radius 3 is 2.81 bits per heavy atom. The molecule has 1 unspecified atom stereocenters. The fourth-order valence-corrected chi connectivity index (χ4v) is 4.58. The normalized spacial score (nSPS) is 19.7. The number of primary amides is 1. The lowest BCUT2D eigenvalue weighted by molar-refractivity contribution is 0.0995. The first-order valence-electron chi connectivity index (χ1n) is 9.78. The third kappa shape index (κ3) is 4.00. The lowest BCUT2D eigenvalue weighted by Gasteiger charge is -2.36. The Bertz CT molecular complexity index is 657. The highest BCUT2D eigenvalue weighted by Crippen LogP contribution is 2.42. The molecule has 0 spiro atoms. The molecule has 2 aliphatic heterocycles. The number of benzene rings is 1. The van der Waals surface area contributed by atoms with Gasteiger partial charge in [-0.15, -0.1) is 0 Å². The number of carbonyl (C=O) groups excluding carboxylic acids is 1. The van der Waals surface area contributed by atoms with E-state index in [0.717, 1.165) is 49.9 Å². The number of rotatable bonds is 6. The van der Waals surface area contributed by atoms with Gasteiger partial charge in [0.15, 0.2) is 0 Å². The van der Waals surface area contributed by atoms with Crippen molar-refractivity contribution in [3.05, 3.63) is 27.8 Å². The van der Waals surface area contributed by atoms with Crippen molar-refractivity contribution < 1.29 is 9.53 Å². The molecule has 1 fully saturated rings. The summed E-state index contributed by atoms with van der Waals surface area (Å²) < 4.78 is 5.79. The van der Waals surface area contributed by atoms with Crippen LogP contribution in [0.15, 0.2) is 6.07 Å². The van der Waals surface area contributed by atoms with E-state index in [9.17, 15) is 4.79 Å². The molecule has 0 radical (unpaired) electrons. The number of ether oxygens (including phenoxy) is 1. The van der Waals surface area contributed by atoms with E-state index < -0.39 is 5.91 Å². The van der Waals surface area contributed by atoms with Crippen LogP contribution in [0.5, 0.6) is 5.75 Å². The predicted octanol–water partition coefficient (Wildman–Crippen LogP) is 3.28. The van der Waals surface area contributed by atoms with Crippen LogP contribution < -0.4 is 16.2 Å². The van der Waals surface area contributed by atoms with Crippen molar-refractivity contribution >= 4 is 17.5 Å². The van der Waals surface area contributed by atoms with Crippen LogP contribution >= 0.6 is 11.6 Å². The number of halogens is 1. The molecule has 0 bridgehead atoms. The summed E-state index contributed by atoms with van der Waals surface area (Å²) in [6.45, 7) is 6.18. The standard InChI is InChI=1S/C20H30ClN3O2/c1-2-3-8-24-9-6-13(7-10-24)18(22)17-14-5-4-11-26-19(14)15(20(23)25)12-16(17)21/h12-13,18H,2-11,22H2,1H3,(H2,23,25). The van der Waals surface area contributed by atoms with E-state index in [0.29, 0.717) is 28.9 Å². The Hall–Kier alpha value is -1.30. The van der Waals surface area contributed by atoms with E-state index in [2.05, 4.69) is 11.8 Å². The van der Waals surface area contributed by atoms with Crippen LogP contribution in [0.3, 0.4) is 0 Å². The van der Waals surface area contributed by atoms with Gasteiger partial charge in [0, 0.05) is 16.6 Å². The minimum absolute atomic E-state index is 0.131. The molecule has 0 aromatic heterocycles. The second kappa shape index (κ2) is 8.59. The van der Waals surface area contributed by atoms with Crippen molar-refractivity contribution in [2.24, 2.45) is 17.4 Å². The van der Waals surface area contributed by atoms with Crippen LogP contribution in [0.25, 0.3) is 0 Å². The number of fused-ring (bicyclic) bond motifs is 1. The number of nitrogens with zero attached hydrogens (tertiary/aromatic N) is 1. The van der Waals surface area contributed by atoms with Crippen molar-refractivity contribution in [1.29, 1.82) is 0 Å². The van der Waals surface area contributed by atoms with Gasteiger partial charge in [-0.1, -0.05) is 24.9 Å². The minimum atomic E-state index is -0.505. The summed E-state index contributed by atoms with van der Waals surface area (Å²) in [5.74, 6) is 0.490. The largest absolute Gasteiger partial charge is 0.492 e. The molecule has 2 aliphatic rings. The van der Waals surface area contributed by atoms with Gasteiger partial charge in [0.2, 0.25) is 0 Å². The van der Waals surface area contributed by atoms with Gasteiger partial charge in [0.1, 0.15) is 5.75 Å². The molecule has 3 rings (SSSR count). The Labute approximate surface area is 161 Å². The smallest absolute Gasteiger partial charge is 0.252 e. The summed E-state index contributed by atoms with van der Waals surface area (Å²) in [6.07, 6.45) is 6.37. The monoisotopic (exact) mass is 379 g/mol. The summed E-state index contributed by atoms with van der Waals surface area (Å²) in [5, 5.41) is 0.545. The van der Waals surface area contributed by atoms with Gasteiger partial charge in [0.25, 0.3) is 5.91 Å². The quantitative estimate of drug-likeness (QED) is 0.794. The van der Waals surface area contributed by atoms with Crippen molar-refractivity contribution in [2.45, 2.75) is 51.5 Å². The molecular weight excluding hydrogens is 350 g/mol. The zero-order valence-corrected chi connectivity index (χ0v) is 16.4. The van der Waals surface area contributed by atoms with E-state index in [4.69, 9.17) is 27.8 Å². The third-order valence-electron chi connectivity index (χ3n) is 5.76. The summed E-state index contributed by atoms with van der Waals surface area (Å²) in [7, 11) is 0. The maximum Gasteiger partial charge on any atom is 0.252 e. The van der Waals surface area contributed by atoms with Gasteiger partial charge in [-0.25, -0.2) is 0 Å². The van der Waals surface area contributed by atoms with Crippen LogP contribution in [-0.2, 0) is 6.42 Å². The summed E-state index contributed by atoms with van der Waals surface area (Å²) in [5.41, 5.74) is 14.5. The Kier molecular flexibility index (Phi) is 6.43. The number of likely N-dealkylation sites (tertiary alicyclic amines) is 1. The molecule has 0 saturated carbocycles. The molecule has 144 valence electrons. The molecule has 6 heteroatoms. The van der Waals surface area contributed by atoms with Gasteiger partial charge in [-0.05, 0) is 69.3 Å². The average molecular weight is 380 g/mol. The van der Waals surface area contributed by atoms with E-state index in [1.165, 1.54) is 19.4 Å². The number of unbranched alkanes of at least 4 members (excludes halogenated alkanes) is 1. The van der Waals surface area contributed by atoms with Crippen LogP contribution in [-0.4, -0.2) is 37.0 Å². The SMILES string of the molecule is CCCCN1CCC(C(N)c2c(Cl)cc(C(N)=O)c3c2CCCO3)CC1. The van der Waals surface area contributed by atoms with Crippen molar-refractivity contribution in [1.82, 2.24) is 4.90 Å². The average Bonchev–Trinajstić information content (AvgIpc) is 2.65. The fraction of sp³-hybridized carbons (Fsp3) is 0.650. The summed E-state index contributed by atoms with van der Waals surface area (Å²) in [4.78, 5) is 14.3. The Balaban J connectivity index is 1.82. The number of carbonyl (C=O) groups is 1. The molecule has 0 aliphatic carbocycles. The van der Waals surface area contributed by atoms with Crippen LogP contribution in [0.2, 0.25) is 5.02 Å². The number of nitrogens with two attached hydrogens (primary N) is 2.